The molecule has 102 valence electrons. The van der Waals surface area contributed by atoms with Crippen LogP contribution >= 0.6 is 0 Å². The lowest BCUT2D eigenvalue weighted by molar-refractivity contribution is 0.391. The molecule has 19 heavy (non-hydrogen) atoms. The van der Waals surface area contributed by atoms with Gasteiger partial charge < -0.3 is 10.1 Å². The monoisotopic (exact) mass is 264 g/mol. The summed E-state index contributed by atoms with van der Waals surface area (Å²) in [5.74, 6) is 0.292. The molecule has 6 heteroatoms. The molecule has 1 N–H and O–H groups in total. The van der Waals surface area contributed by atoms with Crippen molar-refractivity contribution in [1.82, 2.24) is 20.3 Å². The molecule has 0 spiro atoms. The van der Waals surface area contributed by atoms with E-state index >= 15 is 0 Å². The van der Waals surface area contributed by atoms with Crippen LogP contribution in [0, 0.1) is 5.82 Å². The molecule has 1 aromatic carbocycles. The van der Waals surface area contributed by atoms with Gasteiger partial charge in [-0.05, 0) is 19.1 Å². The minimum absolute atomic E-state index is 0.139. The second kappa shape index (κ2) is 6.29. The van der Waals surface area contributed by atoms with Gasteiger partial charge in [-0.1, -0.05) is 11.3 Å². The molecule has 0 bridgehead atoms. The lowest BCUT2D eigenvalue weighted by atomic mass is 10.1. The Kier molecular flexibility index (Phi) is 4.46. The first-order valence-corrected chi connectivity index (χ1v) is 6.12. The third kappa shape index (κ3) is 3.29. The van der Waals surface area contributed by atoms with Gasteiger partial charge in [-0.2, -0.15) is 0 Å². The summed E-state index contributed by atoms with van der Waals surface area (Å²) in [4.78, 5) is 0. The molecule has 2 aromatic rings. The summed E-state index contributed by atoms with van der Waals surface area (Å²) < 4.78 is 20.8. The minimum Gasteiger partial charge on any atom is -0.496 e. The van der Waals surface area contributed by atoms with Gasteiger partial charge in [0.1, 0.15) is 11.6 Å². The van der Waals surface area contributed by atoms with E-state index in [0.717, 1.165) is 0 Å². The Labute approximate surface area is 111 Å². The standard InChI is InChI=1S/C13H17FN4O/c1-10(15-6-8-18-9-7-16-17-18)13-11(14)4-3-5-12(13)19-2/h3-5,7,9-10,15H,6,8H2,1-2H3. The molecule has 0 aliphatic carbocycles. The Morgan fingerprint density at radius 2 is 2.32 bits per heavy atom. The number of methoxy groups -OCH3 is 1. The first-order chi connectivity index (χ1) is 9.22. The molecule has 0 radical (unpaired) electrons. The highest BCUT2D eigenvalue weighted by Crippen LogP contribution is 2.27. The van der Waals surface area contributed by atoms with Crippen LogP contribution in [-0.2, 0) is 6.54 Å². The van der Waals surface area contributed by atoms with Crippen LogP contribution in [0.15, 0.2) is 30.6 Å². The maximum absolute atomic E-state index is 13.8. The summed E-state index contributed by atoms with van der Waals surface area (Å²) in [6, 6.07) is 4.70. The third-order valence-electron chi connectivity index (χ3n) is 2.93. The molecule has 0 amide bonds. The van der Waals surface area contributed by atoms with Gasteiger partial charge in [0.15, 0.2) is 0 Å². The normalized spacial score (nSPS) is 12.4. The molecule has 1 aromatic heterocycles. The fraction of sp³-hybridized carbons (Fsp3) is 0.385. The number of hydrogen-bond donors (Lipinski definition) is 1. The molecule has 5 nitrogen and oxygen atoms in total. The van der Waals surface area contributed by atoms with E-state index in [0.29, 0.717) is 24.4 Å². The summed E-state index contributed by atoms with van der Waals surface area (Å²) in [6.07, 6.45) is 3.42. The molecule has 1 unspecified atom stereocenters. The maximum Gasteiger partial charge on any atom is 0.131 e. The Hall–Kier alpha value is -1.95. The number of nitrogens with zero attached hydrogens (tertiary/aromatic N) is 3. The molecule has 1 atom stereocenters. The second-order valence-electron chi connectivity index (χ2n) is 4.20. The Bertz CT molecular complexity index is 515. The number of aromatic nitrogens is 3. The Morgan fingerprint density at radius 3 is 3.00 bits per heavy atom. The number of hydrogen-bond acceptors (Lipinski definition) is 4. The van der Waals surface area contributed by atoms with E-state index in [4.69, 9.17) is 4.74 Å². The van der Waals surface area contributed by atoms with Crippen LogP contribution in [0.25, 0.3) is 0 Å². The zero-order valence-electron chi connectivity index (χ0n) is 11.0. The van der Waals surface area contributed by atoms with Crippen molar-refractivity contribution in [3.8, 4) is 5.75 Å². The number of nitrogens with one attached hydrogen (secondary N) is 1. The topological polar surface area (TPSA) is 52.0 Å². The minimum atomic E-state index is -0.264. The molecule has 0 fully saturated rings. The van der Waals surface area contributed by atoms with E-state index in [2.05, 4.69) is 15.6 Å². The Morgan fingerprint density at radius 1 is 1.47 bits per heavy atom. The smallest absolute Gasteiger partial charge is 0.131 e. The van der Waals surface area contributed by atoms with E-state index in [1.807, 2.05) is 6.92 Å². The maximum atomic E-state index is 13.8. The lowest BCUT2D eigenvalue weighted by Crippen LogP contribution is -2.24. The van der Waals surface area contributed by atoms with Gasteiger partial charge in [-0.25, -0.2) is 4.39 Å². The fourth-order valence-corrected chi connectivity index (χ4v) is 1.97. The Balaban J connectivity index is 1.97. The van der Waals surface area contributed by atoms with Crippen molar-refractivity contribution < 1.29 is 9.13 Å². The number of rotatable bonds is 6. The van der Waals surface area contributed by atoms with E-state index < -0.39 is 0 Å². The van der Waals surface area contributed by atoms with Gasteiger partial charge in [0.2, 0.25) is 0 Å². The molecule has 0 saturated heterocycles. The van der Waals surface area contributed by atoms with Crippen LogP contribution < -0.4 is 10.1 Å². The molecule has 0 aliphatic rings. The summed E-state index contributed by atoms with van der Waals surface area (Å²) in [7, 11) is 1.54. The highest BCUT2D eigenvalue weighted by atomic mass is 19.1. The summed E-state index contributed by atoms with van der Waals surface area (Å²) in [6.45, 7) is 3.26. The van der Waals surface area contributed by atoms with Crippen LogP contribution in [-0.4, -0.2) is 28.6 Å². The second-order valence-corrected chi connectivity index (χ2v) is 4.20. The van der Waals surface area contributed by atoms with Crippen molar-refractivity contribution in [2.24, 2.45) is 0 Å². The van der Waals surface area contributed by atoms with Crippen molar-refractivity contribution in [1.29, 1.82) is 0 Å². The summed E-state index contributed by atoms with van der Waals surface area (Å²) >= 11 is 0. The predicted molar refractivity (Wildman–Crippen MR) is 69.4 cm³/mol. The first-order valence-electron chi connectivity index (χ1n) is 6.12. The van der Waals surface area contributed by atoms with Crippen molar-refractivity contribution in [2.75, 3.05) is 13.7 Å². The van der Waals surface area contributed by atoms with E-state index in [1.165, 1.54) is 6.07 Å². The molecule has 0 saturated carbocycles. The quantitative estimate of drug-likeness (QED) is 0.864. The van der Waals surface area contributed by atoms with Gasteiger partial charge in [0.25, 0.3) is 0 Å². The van der Waals surface area contributed by atoms with E-state index in [1.54, 1.807) is 36.3 Å². The van der Waals surface area contributed by atoms with Gasteiger partial charge in [-0.3, -0.25) is 4.68 Å². The summed E-state index contributed by atoms with van der Waals surface area (Å²) in [5.41, 5.74) is 0.545. The van der Waals surface area contributed by atoms with E-state index in [-0.39, 0.29) is 11.9 Å². The average Bonchev–Trinajstić information content (AvgIpc) is 2.91. The third-order valence-corrected chi connectivity index (χ3v) is 2.93. The molecular formula is C13H17FN4O. The molecule has 0 aliphatic heterocycles. The lowest BCUT2D eigenvalue weighted by Gasteiger charge is -2.17. The van der Waals surface area contributed by atoms with Crippen LogP contribution in [0.2, 0.25) is 0 Å². The van der Waals surface area contributed by atoms with Gasteiger partial charge >= 0.3 is 0 Å². The average molecular weight is 264 g/mol. The first kappa shape index (κ1) is 13.5. The van der Waals surface area contributed by atoms with Crippen LogP contribution in [0.1, 0.15) is 18.5 Å². The van der Waals surface area contributed by atoms with Gasteiger partial charge in [0, 0.05) is 24.3 Å². The number of benzene rings is 1. The molecular weight excluding hydrogens is 247 g/mol. The zero-order chi connectivity index (χ0) is 13.7. The van der Waals surface area contributed by atoms with Gasteiger partial charge in [0.05, 0.1) is 19.9 Å². The number of halogens is 1. The largest absolute Gasteiger partial charge is 0.496 e. The highest BCUT2D eigenvalue weighted by molar-refractivity contribution is 5.36. The van der Waals surface area contributed by atoms with Crippen LogP contribution in [0.3, 0.4) is 0 Å². The van der Waals surface area contributed by atoms with E-state index in [9.17, 15) is 4.39 Å². The van der Waals surface area contributed by atoms with Crippen LogP contribution in [0.5, 0.6) is 5.75 Å². The van der Waals surface area contributed by atoms with Crippen molar-refractivity contribution in [3.63, 3.8) is 0 Å². The highest BCUT2D eigenvalue weighted by Gasteiger charge is 2.15. The fourth-order valence-electron chi connectivity index (χ4n) is 1.97. The molecule has 1 heterocycles. The molecule has 2 rings (SSSR count). The number of ether oxygens (including phenoxy) is 1. The SMILES string of the molecule is COc1cccc(F)c1C(C)NCCn1ccnn1. The van der Waals surface area contributed by atoms with Crippen molar-refractivity contribution in [2.45, 2.75) is 19.5 Å². The summed E-state index contributed by atoms with van der Waals surface area (Å²) in [5, 5.41) is 10.8. The van der Waals surface area contributed by atoms with Crippen LogP contribution in [0.4, 0.5) is 4.39 Å². The van der Waals surface area contributed by atoms with Crippen molar-refractivity contribution in [3.05, 3.63) is 42.0 Å². The predicted octanol–water partition coefficient (Wildman–Crippen LogP) is 1.78. The zero-order valence-corrected chi connectivity index (χ0v) is 11.0. The van der Waals surface area contributed by atoms with Crippen molar-refractivity contribution >= 4 is 0 Å². The van der Waals surface area contributed by atoms with Gasteiger partial charge in [-0.15, -0.1) is 5.10 Å².